The lowest BCUT2D eigenvalue weighted by atomic mass is 10.0. The van der Waals surface area contributed by atoms with Crippen LogP contribution in [0.3, 0.4) is 0 Å². The van der Waals surface area contributed by atoms with Crippen molar-refractivity contribution in [2.45, 2.75) is 19.3 Å². The highest BCUT2D eigenvalue weighted by Crippen LogP contribution is 2.24. The van der Waals surface area contributed by atoms with Crippen LogP contribution in [0, 0.1) is 0 Å². The van der Waals surface area contributed by atoms with Gasteiger partial charge in [0.15, 0.2) is 5.78 Å². The van der Waals surface area contributed by atoms with Gasteiger partial charge >= 0.3 is 0 Å². The van der Waals surface area contributed by atoms with E-state index in [1.165, 1.54) is 0 Å². The van der Waals surface area contributed by atoms with Gasteiger partial charge in [0, 0.05) is 23.6 Å². The predicted octanol–water partition coefficient (Wildman–Crippen LogP) is 7.36. The minimum Gasteiger partial charge on any atom is -0.457 e. The molecule has 7 nitrogen and oxygen atoms in total. The zero-order chi connectivity index (χ0) is 27.3. The Morgan fingerprint density at radius 3 is 2.38 bits per heavy atom. The number of benzene rings is 4. The number of ether oxygens (including phenoxy) is 1. The standard InChI is InChI=1S/C33H26N4O3/c38-30(15-6-8-22-16-18-26(19-17-22)40-25-11-2-1-3-12-25)27-13-7-14-28-31(27)36-33(35-28)37-32(39)29-20-23-9-4-5-10-24(23)21-34-29/h1-5,7,9-14,16-21H,6,8,15H2,(H2,35,36,37,39). The van der Waals surface area contributed by atoms with Gasteiger partial charge in [0.05, 0.1) is 5.52 Å². The van der Waals surface area contributed by atoms with Crippen LogP contribution in [-0.2, 0) is 6.42 Å². The van der Waals surface area contributed by atoms with E-state index in [2.05, 4.69) is 20.3 Å². The number of Topliss-reactive ketones (excluding diaryl/α,β-unsaturated/α-hetero) is 1. The van der Waals surface area contributed by atoms with Crippen LogP contribution in [0.2, 0.25) is 0 Å². The molecule has 0 atom stereocenters. The number of carbonyl (C=O) groups excluding carboxylic acids is 2. The van der Waals surface area contributed by atoms with Gasteiger partial charge in [-0.05, 0) is 66.3 Å². The molecule has 0 saturated heterocycles. The summed E-state index contributed by atoms with van der Waals surface area (Å²) in [6.45, 7) is 0. The molecule has 2 heterocycles. The first-order chi connectivity index (χ1) is 19.6. The van der Waals surface area contributed by atoms with Gasteiger partial charge in [-0.1, -0.05) is 60.7 Å². The molecule has 4 aromatic carbocycles. The van der Waals surface area contributed by atoms with Crippen molar-refractivity contribution in [3.8, 4) is 11.5 Å². The van der Waals surface area contributed by atoms with E-state index in [9.17, 15) is 9.59 Å². The number of hydrogen-bond donors (Lipinski definition) is 2. The van der Waals surface area contributed by atoms with Gasteiger partial charge in [0.2, 0.25) is 5.95 Å². The third-order valence-corrected chi connectivity index (χ3v) is 6.68. The maximum absolute atomic E-state index is 13.1. The Bertz CT molecular complexity index is 1810. The summed E-state index contributed by atoms with van der Waals surface area (Å²) in [6, 6.07) is 32.5. The summed E-state index contributed by atoms with van der Waals surface area (Å²) in [7, 11) is 0. The molecule has 196 valence electrons. The molecule has 1 amide bonds. The van der Waals surface area contributed by atoms with Crippen LogP contribution in [0.5, 0.6) is 11.5 Å². The van der Waals surface area contributed by atoms with E-state index in [-0.39, 0.29) is 23.3 Å². The number of fused-ring (bicyclic) bond motifs is 2. The summed E-state index contributed by atoms with van der Waals surface area (Å²) in [5, 5.41) is 4.66. The Morgan fingerprint density at radius 2 is 1.55 bits per heavy atom. The maximum atomic E-state index is 13.1. The second kappa shape index (κ2) is 11.2. The fraction of sp³-hybridized carbons (Fsp3) is 0.0909. The number of amides is 1. The van der Waals surface area contributed by atoms with E-state index in [1.807, 2.05) is 91.0 Å². The average molecular weight is 527 g/mol. The third kappa shape index (κ3) is 5.59. The van der Waals surface area contributed by atoms with Gasteiger partial charge < -0.3 is 9.72 Å². The molecule has 0 aliphatic heterocycles. The second-order valence-electron chi connectivity index (χ2n) is 9.49. The summed E-state index contributed by atoms with van der Waals surface area (Å²) >= 11 is 0. The van der Waals surface area contributed by atoms with Crippen LogP contribution >= 0.6 is 0 Å². The Labute approximate surface area is 230 Å². The molecule has 0 aliphatic carbocycles. The van der Waals surface area contributed by atoms with Gasteiger partial charge in [0.25, 0.3) is 5.91 Å². The Kier molecular flexibility index (Phi) is 7.01. The minimum atomic E-state index is -0.377. The van der Waals surface area contributed by atoms with Crippen molar-refractivity contribution < 1.29 is 14.3 Å². The first-order valence-corrected chi connectivity index (χ1v) is 13.1. The Hall–Kier alpha value is -5.30. The number of aromatic nitrogens is 3. The number of nitrogens with one attached hydrogen (secondary N) is 2. The summed E-state index contributed by atoms with van der Waals surface area (Å²) in [4.78, 5) is 37.8. The second-order valence-corrected chi connectivity index (χ2v) is 9.49. The SMILES string of the molecule is O=C(Nc1nc2c(C(=O)CCCc3ccc(Oc4ccccc4)cc3)cccc2[nH]1)c1cc2ccccc2cn1. The lowest BCUT2D eigenvalue weighted by Gasteiger charge is -2.07. The number of nitrogens with zero attached hydrogens (tertiary/aromatic N) is 2. The molecule has 0 fully saturated rings. The van der Waals surface area contributed by atoms with Gasteiger partial charge in [-0.15, -0.1) is 0 Å². The Morgan fingerprint density at radius 1 is 0.800 bits per heavy atom. The summed E-state index contributed by atoms with van der Waals surface area (Å²) < 4.78 is 5.85. The normalized spacial score (nSPS) is 11.0. The molecule has 6 aromatic rings. The first-order valence-electron chi connectivity index (χ1n) is 13.1. The quantitative estimate of drug-likeness (QED) is 0.192. The molecule has 2 aromatic heterocycles. The van der Waals surface area contributed by atoms with Gasteiger partial charge in [-0.2, -0.15) is 0 Å². The molecule has 0 saturated carbocycles. The molecule has 0 radical (unpaired) electrons. The molecule has 7 heteroatoms. The maximum Gasteiger partial charge on any atom is 0.276 e. The average Bonchev–Trinajstić information content (AvgIpc) is 3.41. The van der Waals surface area contributed by atoms with Crippen molar-refractivity contribution in [2.75, 3.05) is 5.32 Å². The number of anilines is 1. The van der Waals surface area contributed by atoms with E-state index in [4.69, 9.17) is 4.74 Å². The lowest BCUT2D eigenvalue weighted by Crippen LogP contribution is -2.14. The van der Waals surface area contributed by atoms with E-state index < -0.39 is 0 Å². The summed E-state index contributed by atoms with van der Waals surface area (Å²) in [5.41, 5.74) is 3.18. The largest absolute Gasteiger partial charge is 0.457 e. The van der Waals surface area contributed by atoms with Crippen molar-refractivity contribution in [1.82, 2.24) is 15.0 Å². The molecular formula is C33H26N4O3. The van der Waals surface area contributed by atoms with E-state index >= 15 is 0 Å². The smallest absolute Gasteiger partial charge is 0.276 e. The van der Waals surface area contributed by atoms with Crippen LogP contribution in [0.25, 0.3) is 21.8 Å². The van der Waals surface area contributed by atoms with Crippen LogP contribution in [0.1, 0.15) is 39.3 Å². The van der Waals surface area contributed by atoms with Crippen LogP contribution in [0.4, 0.5) is 5.95 Å². The van der Waals surface area contributed by atoms with E-state index in [0.29, 0.717) is 29.4 Å². The number of imidazole rings is 1. The third-order valence-electron chi connectivity index (χ3n) is 6.68. The van der Waals surface area contributed by atoms with Crippen LogP contribution in [0.15, 0.2) is 109 Å². The summed E-state index contributed by atoms with van der Waals surface area (Å²) in [6.07, 6.45) is 3.53. The molecular weight excluding hydrogens is 500 g/mol. The highest BCUT2D eigenvalue weighted by atomic mass is 16.5. The van der Waals surface area contributed by atoms with Crippen molar-refractivity contribution in [2.24, 2.45) is 0 Å². The van der Waals surface area contributed by atoms with Crippen molar-refractivity contribution >= 4 is 39.4 Å². The topological polar surface area (TPSA) is 97.0 Å². The highest BCUT2D eigenvalue weighted by molar-refractivity contribution is 6.08. The molecule has 0 unspecified atom stereocenters. The number of rotatable bonds is 9. The monoisotopic (exact) mass is 526 g/mol. The number of aryl methyl sites for hydroxylation is 1. The van der Waals surface area contributed by atoms with Crippen LogP contribution < -0.4 is 10.1 Å². The number of hydrogen-bond acceptors (Lipinski definition) is 5. The van der Waals surface area contributed by atoms with Crippen molar-refractivity contribution in [1.29, 1.82) is 0 Å². The van der Waals surface area contributed by atoms with Gasteiger partial charge in [-0.25, -0.2) is 4.98 Å². The number of aromatic amines is 1. The first kappa shape index (κ1) is 25.0. The van der Waals surface area contributed by atoms with E-state index in [1.54, 1.807) is 18.3 Å². The lowest BCUT2D eigenvalue weighted by molar-refractivity contribution is 0.0980. The van der Waals surface area contributed by atoms with Crippen LogP contribution in [-0.4, -0.2) is 26.6 Å². The number of carbonyl (C=O) groups is 2. The number of ketones is 1. The Balaban J connectivity index is 1.08. The molecule has 40 heavy (non-hydrogen) atoms. The van der Waals surface area contributed by atoms with Gasteiger partial charge in [0.1, 0.15) is 22.7 Å². The fourth-order valence-corrected chi connectivity index (χ4v) is 4.63. The zero-order valence-corrected chi connectivity index (χ0v) is 21.6. The zero-order valence-electron chi connectivity index (χ0n) is 21.6. The molecule has 0 aliphatic rings. The minimum absolute atomic E-state index is 0.00945. The number of para-hydroxylation sites is 2. The molecule has 0 spiro atoms. The molecule has 2 N–H and O–H groups in total. The fourth-order valence-electron chi connectivity index (χ4n) is 4.63. The van der Waals surface area contributed by atoms with Crippen molar-refractivity contribution in [3.05, 3.63) is 126 Å². The summed E-state index contributed by atoms with van der Waals surface area (Å²) in [5.74, 6) is 1.47. The van der Waals surface area contributed by atoms with E-state index in [0.717, 1.165) is 34.3 Å². The predicted molar refractivity (Wildman–Crippen MR) is 156 cm³/mol. The van der Waals surface area contributed by atoms with Gasteiger partial charge in [-0.3, -0.25) is 19.9 Å². The number of H-pyrrole nitrogens is 1. The highest BCUT2D eigenvalue weighted by Gasteiger charge is 2.16. The number of pyridine rings is 1. The van der Waals surface area contributed by atoms with Crippen molar-refractivity contribution in [3.63, 3.8) is 0 Å². The molecule has 0 bridgehead atoms. The molecule has 6 rings (SSSR count).